The Morgan fingerprint density at radius 2 is 1.69 bits per heavy atom. The van der Waals surface area contributed by atoms with Crippen LogP contribution in [0.4, 0.5) is 17.1 Å². The minimum Gasteiger partial charge on any atom is -0.378 e. The van der Waals surface area contributed by atoms with Gasteiger partial charge in [0.1, 0.15) is 5.69 Å². The monoisotopic (exact) mass is 346 g/mol. The number of hydrogen-bond acceptors (Lipinski definition) is 4. The molecule has 0 unspecified atom stereocenters. The van der Waals surface area contributed by atoms with E-state index in [9.17, 15) is 4.79 Å². The molecule has 26 heavy (non-hydrogen) atoms. The van der Waals surface area contributed by atoms with Gasteiger partial charge in [0.25, 0.3) is 5.91 Å². The summed E-state index contributed by atoms with van der Waals surface area (Å²) in [6.07, 6.45) is 1.63. The third kappa shape index (κ3) is 4.60. The number of benzene rings is 2. The van der Waals surface area contributed by atoms with E-state index >= 15 is 0 Å². The minimum atomic E-state index is -0.194. The number of pyridine rings is 1. The van der Waals surface area contributed by atoms with E-state index in [-0.39, 0.29) is 5.91 Å². The first-order chi connectivity index (χ1) is 12.6. The van der Waals surface area contributed by atoms with E-state index in [4.69, 9.17) is 0 Å². The molecule has 0 saturated heterocycles. The Morgan fingerprint density at radius 1 is 0.962 bits per heavy atom. The molecular formula is C21H22N4O. The van der Waals surface area contributed by atoms with Crippen LogP contribution in [0.2, 0.25) is 0 Å². The molecule has 2 aromatic carbocycles. The molecule has 0 aliphatic carbocycles. The molecule has 3 aromatic rings. The SMILES string of the molecule is CN(C)c1ccc(Nc2ccnc(C(=O)NCc3ccccc3)c2)cc1. The van der Waals surface area contributed by atoms with Crippen LogP contribution in [0.15, 0.2) is 72.9 Å². The minimum absolute atomic E-state index is 0.194. The van der Waals surface area contributed by atoms with Crippen LogP contribution in [0.25, 0.3) is 0 Å². The van der Waals surface area contributed by atoms with Crippen LogP contribution < -0.4 is 15.5 Å². The molecule has 0 aliphatic heterocycles. The summed E-state index contributed by atoms with van der Waals surface area (Å²) in [5.41, 5.74) is 4.35. The van der Waals surface area contributed by atoms with Crippen molar-refractivity contribution >= 4 is 23.0 Å². The van der Waals surface area contributed by atoms with Crippen LogP contribution in [-0.2, 0) is 6.54 Å². The summed E-state index contributed by atoms with van der Waals surface area (Å²) in [6, 6.07) is 21.5. The van der Waals surface area contributed by atoms with Gasteiger partial charge >= 0.3 is 0 Å². The summed E-state index contributed by atoms with van der Waals surface area (Å²) in [5.74, 6) is -0.194. The maximum absolute atomic E-state index is 12.3. The first-order valence-electron chi connectivity index (χ1n) is 8.44. The summed E-state index contributed by atoms with van der Waals surface area (Å²) in [6.45, 7) is 0.477. The number of rotatable bonds is 6. The normalized spacial score (nSPS) is 10.2. The van der Waals surface area contributed by atoms with Gasteiger partial charge in [0.05, 0.1) is 0 Å². The predicted molar refractivity (Wildman–Crippen MR) is 106 cm³/mol. The Morgan fingerprint density at radius 3 is 2.38 bits per heavy atom. The summed E-state index contributed by atoms with van der Waals surface area (Å²) < 4.78 is 0. The van der Waals surface area contributed by atoms with Crippen molar-refractivity contribution in [1.82, 2.24) is 10.3 Å². The zero-order valence-corrected chi connectivity index (χ0v) is 14.9. The lowest BCUT2D eigenvalue weighted by Crippen LogP contribution is -2.23. The fourth-order valence-corrected chi connectivity index (χ4v) is 2.51. The lowest BCUT2D eigenvalue weighted by molar-refractivity contribution is 0.0946. The van der Waals surface area contributed by atoms with Gasteiger partial charge < -0.3 is 15.5 Å². The second-order valence-electron chi connectivity index (χ2n) is 6.16. The first-order valence-corrected chi connectivity index (χ1v) is 8.44. The molecule has 5 heteroatoms. The average molecular weight is 346 g/mol. The predicted octanol–water partition coefficient (Wildman–Crippen LogP) is 3.82. The molecule has 1 aromatic heterocycles. The molecule has 2 N–H and O–H groups in total. The number of nitrogens with zero attached hydrogens (tertiary/aromatic N) is 2. The van der Waals surface area contributed by atoms with E-state index in [1.165, 1.54) is 0 Å². The lowest BCUT2D eigenvalue weighted by Gasteiger charge is -2.13. The van der Waals surface area contributed by atoms with Gasteiger partial charge in [-0.2, -0.15) is 0 Å². The zero-order valence-electron chi connectivity index (χ0n) is 14.9. The number of carbonyl (C=O) groups is 1. The Hall–Kier alpha value is -3.34. The van der Waals surface area contributed by atoms with Crippen molar-refractivity contribution in [1.29, 1.82) is 0 Å². The van der Waals surface area contributed by atoms with Crippen LogP contribution in [0.5, 0.6) is 0 Å². The fourth-order valence-electron chi connectivity index (χ4n) is 2.51. The van der Waals surface area contributed by atoms with Crippen LogP contribution in [0, 0.1) is 0 Å². The molecule has 0 aliphatic rings. The van der Waals surface area contributed by atoms with Crippen molar-refractivity contribution in [2.45, 2.75) is 6.54 Å². The van der Waals surface area contributed by atoms with Crippen LogP contribution in [0.3, 0.4) is 0 Å². The highest BCUT2D eigenvalue weighted by Crippen LogP contribution is 2.20. The number of aromatic nitrogens is 1. The quantitative estimate of drug-likeness (QED) is 0.712. The van der Waals surface area contributed by atoms with Crippen LogP contribution in [0.1, 0.15) is 16.1 Å². The largest absolute Gasteiger partial charge is 0.378 e. The Labute approximate surface area is 153 Å². The maximum Gasteiger partial charge on any atom is 0.270 e. The molecule has 5 nitrogen and oxygen atoms in total. The van der Waals surface area contributed by atoms with Crippen molar-refractivity contribution in [3.63, 3.8) is 0 Å². The van der Waals surface area contributed by atoms with E-state index in [2.05, 4.69) is 15.6 Å². The third-order valence-corrected chi connectivity index (χ3v) is 3.96. The molecule has 0 bridgehead atoms. The highest BCUT2D eigenvalue weighted by Gasteiger charge is 2.08. The molecule has 1 amide bonds. The number of anilines is 3. The third-order valence-electron chi connectivity index (χ3n) is 3.96. The van der Waals surface area contributed by atoms with Gasteiger partial charge in [-0.1, -0.05) is 30.3 Å². The van der Waals surface area contributed by atoms with E-state index in [0.717, 1.165) is 22.6 Å². The van der Waals surface area contributed by atoms with Gasteiger partial charge in [-0.3, -0.25) is 9.78 Å². The Bertz CT molecular complexity index is 861. The van der Waals surface area contributed by atoms with Crippen LogP contribution in [-0.4, -0.2) is 25.0 Å². The smallest absolute Gasteiger partial charge is 0.270 e. The molecule has 0 spiro atoms. The zero-order chi connectivity index (χ0) is 18.4. The van der Waals surface area contributed by atoms with Gasteiger partial charge in [-0.05, 0) is 42.0 Å². The molecular weight excluding hydrogens is 324 g/mol. The van der Waals surface area contributed by atoms with E-state index < -0.39 is 0 Å². The summed E-state index contributed by atoms with van der Waals surface area (Å²) >= 11 is 0. The van der Waals surface area contributed by atoms with Crippen molar-refractivity contribution in [3.8, 4) is 0 Å². The molecule has 1 heterocycles. The number of carbonyl (C=O) groups excluding carboxylic acids is 1. The van der Waals surface area contributed by atoms with E-state index in [0.29, 0.717) is 12.2 Å². The van der Waals surface area contributed by atoms with Gasteiger partial charge in [-0.15, -0.1) is 0 Å². The molecule has 0 saturated carbocycles. The number of amides is 1. The van der Waals surface area contributed by atoms with Crippen molar-refractivity contribution < 1.29 is 4.79 Å². The standard InChI is InChI=1S/C21H22N4O/c1-25(2)19-10-8-17(9-11-19)24-18-12-13-22-20(14-18)21(26)23-15-16-6-4-3-5-7-16/h3-14H,15H2,1-2H3,(H,22,24)(H,23,26). The molecule has 3 rings (SSSR count). The van der Waals surface area contributed by atoms with E-state index in [1.54, 1.807) is 12.3 Å². The number of hydrogen-bond donors (Lipinski definition) is 2. The van der Waals surface area contributed by atoms with Gasteiger partial charge in [0.15, 0.2) is 0 Å². The lowest BCUT2D eigenvalue weighted by atomic mass is 10.2. The average Bonchev–Trinajstić information content (AvgIpc) is 2.67. The van der Waals surface area contributed by atoms with Crippen molar-refractivity contribution in [2.75, 3.05) is 24.3 Å². The fraction of sp³-hybridized carbons (Fsp3) is 0.143. The molecule has 0 fully saturated rings. The first kappa shape index (κ1) is 17.5. The highest BCUT2D eigenvalue weighted by molar-refractivity contribution is 5.93. The molecule has 0 atom stereocenters. The number of nitrogens with one attached hydrogen (secondary N) is 2. The van der Waals surface area contributed by atoms with Crippen LogP contribution >= 0.6 is 0 Å². The molecule has 132 valence electrons. The summed E-state index contributed by atoms with van der Waals surface area (Å²) in [4.78, 5) is 18.6. The highest BCUT2D eigenvalue weighted by atomic mass is 16.1. The second kappa shape index (κ2) is 8.16. The topological polar surface area (TPSA) is 57.3 Å². The molecule has 0 radical (unpaired) electrons. The summed E-state index contributed by atoms with van der Waals surface area (Å²) in [7, 11) is 4.01. The second-order valence-corrected chi connectivity index (χ2v) is 6.16. The Kier molecular flexibility index (Phi) is 5.49. The maximum atomic E-state index is 12.3. The Balaban J connectivity index is 1.64. The van der Waals surface area contributed by atoms with Gasteiger partial charge in [0, 0.05) is 43.9 Å². The van der Waals surface area contributed by atoms with E-state index in [1.807, 2.05) is 79.7 Å². The summed E-state index contributed by atoms with van der Waals surface area (Å²) in [5, 5.41) is 6.19. The van der Waals surface area contributed by atoms with Gasteiger partial charge in [0.2, 0.25) is 0 Å². The van der Waals surface area contributed by atoms with Crippen molar-refractivity contribution in [3.05, 3.63) is 84.2 Å². The van der Waals surface area contributed by atoms with Crippen molar-refractivity contribution in [2.24, 2.45) is 0 Å². The van der Waals surface area contributed by atoms with Gasteiger partial charge in [-0.25, -0.2) is 0 Å².